The summed E-state index contributed by atoms with van der Waals surface area (Å²) in [5, 5.41) is 8.60. The predicted molar refractivity (Wildman–Crippen MR) is 135 cm³/mol. The molecule has 1 aliphatic rings. The maximum absolute atomic E-state index is 12.9. The second kappa shape index (κ2) is 12.8. The van der Waals surface area contributed by atoms with Gasteiger partial charge in [0.25, 0.3) is 5.91 Å². The summed E-state index contributed by atoms with van der Waals surface area (Å²) in [6, 6.07) is 12.1. The van der Waals surface area contributed by atoms with Gasteiger partial charge in [0.15, 0.2) is 0 Å². The van der Waals surface area contributed by atoms with E-state index in [0.29, 0.717) is 30.1 Å². The van der Waals surface area contributed by atoms with E-state index in [1.807, 2.05) is 32.0 Å². The van der Waals surface area contributed by atoms with Crippen molar-refractivity contribution in [2.24, 2.45) is 0 Å². The molecule has 0 aliphatic carbocycles. The Labute approximate surface area is 201 Å². The number of morpholine rings is 1. The zero-order valence-corrected chi connectivity index (χ0v) is 20.2. The highest BCUT2D eigenvalue weighted by Crippen LogP contribution is 2.23. The average Bonchev–Trinajstić information content (AvgIpc) is 2.83. The summed E-state index contributed by atoms with van der Waals surface area (Å²) in [6.45, 7) is 7.42. The predicted octanol–water partition coefficient (Wildman–Crippen LogP) is 3.25. The molecule has 184 valence electrons. The van der Waals surface area contributed by atoms with Gasteiger partial charge in [0.05, 0.1) is 25.4 Å². The minimum absolute atomic E-state index is 0.166. The minimum atomic E-state index is -0.390. The fourth-order valence-corrected chi connectivity index (χ4v) is 3.70. The van der Waals surface area contributed by atoms with Crippen LogP contribution < -0.4 is 25.6 Å². The van der Waals surface area contributed by atoms with Crippen LogP contribution in [0.15, 0.2) is 42.5 Å². The molecule has 3 amide bonds. The summed E-state index contributed by atoms with van der Waals surface area (Å²) >= 11 is 0. The minimum Gasteiger partial charge on any atom is -0.494 e. The molecule has 0 spiro atoms. The van der Waals surface area contributed by atoms with E-state index in [2.05, 4.69) is 20.9 Å². The maximum atomic E-state index is 12.9. The number of nitrogens with zero attached hydrogens (tertiary/aromatic N) is 2. The molecule has 3 N–H and O–H groups in total. The van der Waals surface area contributed by atoms with Gasteiger partial charge in [-0.3, -0.25) is 9.69 Å². The van der Waals surface area contributed by atoms with E-state index in [0.717, 1.165) is 50.7 Å². The Hall–Kier alpha value is -3.30. The van der Waals surface area contributed by atoms with Crippen LogP contribution in [-0.2, 0) is 4.74 Å². The third kappa shape index (κ3) is 7.64. The van der Waals surface area contributed by atoms with Crippen molar-refractivity contribution in [3.63, 3.8) is 0 Å². The molecular formula is C25H35N5O4. The van der Waals surface area contributed by atoms with Gasteiger partial charge in [-0.05, 0) is 62.4 Å². The van der Waals surface area contributed by atoms with Crippen molar-refractivity contribution in [3.8, 4) is 5.75 Å². The van der Waals surface area contributed by atoms with E-state index in [4.69, 9.17) is 9.47 Å². The smallest absolute Gasteiger partial charge is 0.323 e. The molecule has 0 aromatic heterocycles. The highest BCUT2D eigenvalue weighted by atomic mass is 16.5. The molecule has 0 unspecified atom stereocenters. The summed E-state index contributed by atoms with van der Waals surface area (Å²) in [5.41, 5.74) is 2.47. The van der Waals surface area contributed by atoms with Crippen LogP contribution in [-0.4, -0.2) is 76.9 Å². The molecule has 34 heavy (non-hydrogen) atoms. The molecular weight excluding hydrogens is 434 g/mol. The summed E-state index contributed by atoms with van der Waals surface area (Å²) in [7, 11) is 3.77. The number of benzene rings is 2. The van der Waals surface area contributed by atoms with Gasteiger partial charge in [-0.25, -0.2) is 4.79 Å². The van der Waals surface area contributed by atoms with Gasteiger partial charge in [-0.2, -0.15) is 0 Å². The second-order valence-electron chi connectivity index (χ2n) is 8.23. The molecule has 0 bridgehead atoms. The van der Waals surface area contributed by atoms with E-state index >= 15 is 0 Å². The van der Waals surface area contributed by atoms with Gasteiger partial charge >= 0.3 is 6.03 Å². The molecule has 1 fully saturated rings. The van der Waals surface area contributed by atoms with Crippen LogP contribution in [0.1, 0.15) is 23.7 Å². The normalized spacial score (nSPS) is 13.7. The quantitative estimate of drug-likeness (QED) is 0.463. The molecule has 0 atom stereocenters. The maximum Gasteiger partial charge on any atom is 0.323 e. The Kier molecular flexibility index (Phi) is 9.54. The molecule has 0 saturated carbocycles. The number of hydrogen-bond donors (Lipinski definition) is 3. The largest absolute Gasteiger partial charge is 0.494 e. The van der Waals surface area contributed by atoms with Crippen molar-refractivity contribution in [1.29, 1.82) is 0 Å². The van der Waals surface area contributed by atoms with E-state index in [1.165, 1.54) is 0 Å². The van der Waals surface area contributed by atoms with Gasteiger partial charge in [0.2, 0.25) is 0 Å². The monoisotopic (exact) mass is 469 g/mol. The average molecular weight is 470 g/mol. The molecule has 2 aromatic rings. The number of carbonyl (C=O) groups is 2. The Morgan fingerprint density at radius 1 is 1.03 bits per heavy atom. The fraction of sp³-hybridized carbons (Fsp3) is 0.440. The molecule has 2 aromatic carbocycles. The second-order valence-corrected chi connectivity index (χ2v) is 8.23. The van der Waals surface area contributed by atoms with Crippen LogP contribution in [0, 0.1) is 0 Å². The number of hydrogen-bond acceptors (Lipinski definition) is 6. The van der Waals surface area contributed by atoms with Gasteiger partial charge in [0, 0.05) is 50.8 Å². The standard InChI is InChI=1S/C25H35N5O4/c1-4-34-21-9-6-19(7-10-21)27-25(32)28-20-8-11-23(29(2)3)22(18-20)24(31)26-12-5-13-30-14-16-33-17-15-30/h6-11,18H,4-5,12-17H2,1-3H3,(H,26,31)(H2,27,28,32). The highest BCUT2D eigenvalue weighted by Gasteiger charge is 2.15. The number of rotatable bonds is 10. The van der Waals surface area contributed by atoms with E-state index in [1.54, 1.807) is 36.4 Å². The van der Waals surface area contributed by atoms with Crippen LogP contribution in [0.3, 0.4) is 0 Å². The Balaban J connectivity index is 1.57. The fourth-order valence-electron chi connectivity index (χ4n) is 3.70. The zero-order chi connectivity index (χ0) is 24.3. The van der Waals surface area contributed by atoms with E-state index in [9.17, 15) is 9.59 Å². The van der Waals surface area contributed by atoms with E-state index < -0.39 is 6.03 Å². The number of anilines is 3. The summed E-state index contributed by atoms with van der Waals surface area (Å²) in [6.07, 6.45) is 0.867. The Morgan fingerprint density at radius 2 is 1.71 bits per heavy atom. The lowest BCUT2D eigenvalue weighted by molar-refractivity contribution is 0.0374. The lowest BCUT2D eigenvalue weighted by atomic mass is 10.1. The third-order valence-electron chi connectivity index (χ3n) is 5.44. The number of carbonyl (C=O) groups excluding carboxylic acids is 2. The molecule has 0 radical (unpaired) electrons. The van der Waals surface area contributed by atoms with Gasteiger partial charge in [-0.15, -0.1) is 0 Å². The lowest BCUT2D eigenvalue weighted by Gasteiger charge is -2.26. The molecule has 1 aliphatic heterocycles. The van der Waals surface area contributed by atoms with Gasteiger partial charge in [-0.1, -0.05) is 0 Å². The zero-order valence-electron chi connectivity index (χ0n) is 20.2. The number of nitrogens with one attached hydrogen (secondary N) is 3. The van der Waals surface area contributed by atoms with Crippen molar-refractivity contribution in [2.75, 3.05) is 75.6 Å². The van der Waals surface area contributed by atoms with Crippen LogP contribution >= 0.6 is 0 Å². The van der Waals surface area contributed by atoms with Crippen molar-refractivity contribution in [2.45, 2.75) is 13.3 Å². The summed E-state index contributed by atoms with van der Waals surface area (Å²) < 4.78 is 10.8. The van der Waals surface area contributed by atoms with Crippen molar-refractivity contribution in [3.05, 3.63) is 48.0 Å². The van der Waals surface area contributed by atoms with Crippen LogP contribution in [0.5, 0.6) is 5.75 Å². The molecule has 1 heterocycles. The number of amides is 3. The lowest BCUT2D eigenvalue weighted by Crippen LogP contribution is -2.38. The third-order valence-corrected chi connectivity index (χ3v) is 5.44. The van der Waals surface area contributed by atoms with Crippen LogP contribution in [0.4, 0.5) is 21.9 Å². The first-order valence-corrected chi connectivity index (χ1v) is 11.7. The number of ether oxygens (including phenoxy) is 2. The van der Waals surface area contributed by atoms with Crippen LogP contribution in [0.25, 0.3) is 0 Å². The number of urea groups is 1. The summed E-state index contributed by atoms with van der Waals surface area (Å²) in [4.78, 5) is 29.6. The van der Waals surface area contributed by atoms with Crippen molar-refractivity contribution < 1.29 is 19.1 Å². The first-order valence-electron chi connectivity index (χ1n) is 11.7. The van der Waals surface area contributed by atoms with Crippen molar-refractivity contribution in [1.82, 2.24) is 10.2 Å². The molecule has 1 saturated heterocycles. The highest BCUT2D eigenvalue weighted by molar-refractivity contribution is 6.03. The van der Waals surface area contributed by atoms with Crippen molar-refractivity contribution >= 4 is 29.0 Å². The Bertz CT molecular complexity index is 943. The Morgan fingerprint density at radius 3 is 2.38 bits per heavy atom. The first-order chi connectivity index (χ1) is 16.5. The SMILES string of the molecule is CCOc1ccc(NC(=O)Nc2ccc(N(C)C)c(C(=O)NCCCN3CCOCC3)c2)cc1. The van der Waals surface area contributed by atoms with E-state index in [-0.39, 0.29) is 5.91 Å². The first kappa shape index (κ1) is 25.3. The molecule has 3 rings (SSSR count). The van der Waals surface area contributed by atoms with Crippen LogP contribution in [0.2, 0.25) is 0 Å². The molecule has 9 heteroatoms. The summed E-state index contributed by atoms with van der Waals surface area (Å²) in [5.74, 6) is 0.578. The molecule has 9 nitrogen and oxygen atoms in total. The topological polar surface area (TPSA) is 95.2 Å². The van der Waals surface area contributed by atoms with Gasteiger partial charge in [0.1, 0.15) is 5.75 Å². The van der Waals surface area contributed by atoms with Gasteiger partial charge < -0.3 is 30.3 Å².